The highest BCUT2D eigenvalue weighted by Gasteiger charge is 2.36. The van der Waals surface area contributed by atoms with E-state index in [-0.39, 0.29) is 11.8 Å². The van der Waals surface area contributed by atoms with Crippen molar-refractivity contribution in [2.75, 3.05) is 7.11 Å². The number of ether oxygens (including phenoxy) is 2. The molecule has 0 bridgehead atoms. The van der Waals surface area contributed by atoms with Crippen molar-refractivity contribution in [1.29, 1.82) is 5.26 Å². The number of benzene rings is 2. The van der Waals surface area contributed by atoms with Gasteiger partial charge in [-0.1, -0.05) is 35.9 Å². The molecule has 1 atom stereocenters. The summed E-state index contributed by atoms with van der Waals surface area (Å²) in [6.45, 7) is 0. The van der Waals surface area contributed by atoms with E-state index in [1.165, 1.54) is 5.56 Å². The molecular formula is C28H22ClN3O2S. The van der Waals surface area contributed by atoms with Crippen LogP contribution in [0.2, 0.25) is 5.02 Å². The van der Waals surface area contributed by atoms with Crippen LogP contribution in [0.15, 0.2) is 60.0 Å². The largest absolute Gasteiger partial charge is 0.497 e. The van der Waals surface area contributed by atoms with Gasteiger partial charge in [0.2, 0.25) is 5.88 Å². The van der Waals surface area contributed by atoms with Gasteiger partial charge < -0.3 is 15.2 Å². The highest BCUT2D eigenvalue weighted by Crippen LogP contribution is 2.53. The fourth-order valence-corrected chi connectivity index (χ4v) is 6.57. The molecular weight excluding hydrogens is 478 g/mol. The van der Waals surface area contributed by atoms with Crippen molar-refractivity contribution in [2.45, 2.75) is 31.6 Å². The van der Waals surface area contributed by atoms with Crippen molar-refractivity contribution in [3.63, 3.8) is 0 Å². The van der Waals surface area contributed by atoms with Crippen LogP contribution < -0.4 is 15.2 Å². The third-order valence-electron chi connectivity index (χ3n) is 6.83. The number of nitrogens with two attached hydrogens (primary N) is 1. The van der Waals surface area contributed by atoms with Gasteiger partial charge in [-0.05, 0) is 66.6 Å². The first-order chi connectivity index (χ1) is 17.1. The molecule has 4 aromatic rings. The van der Waals surface area contributed by atoms with Crippen molar-refractivity contribution in [3.05, 3.63) is 86.7 Å². The lowest BCUT2D eigenvalue weighted by Crippen LogP contribution is -2.20. The number of rotatable bonds is 3. The molecule has 0 spiro atoms. The van der Waals surface area contributed by atoms with Gasteiger partial charge in [0, 0.05) is 16.3 Å². The zero-order valence-electron chi connectivity index (χ0n) is 19.1. The van der Waals surface area contributed by atoms with Crippen molar-refractivity contribution in [2.24, 2.45) is 5.73 Å². The van der Waals surface area contributed by atoms with E-state index in [0.717, 1.165) is 68.9 Å². The number of methoxy groups -OCH3 is 1. The highest BCUT2D eigenvalue weighted by molar-refractivity contribution is 7.19. The van der Waals surface area contributed by atoms with E-state index in [0.29, 0.717) is 16.3 Å². The van der Waals surface area contributed by atoms with E-state index < -0.39 is 0 Å². The first kappa shape index (κ1) is 22.0. The standard InChI is InChI=1S/C28H22ClN3O2S/c1-33-18-12-8-15(9-13-18)22-19-4-2-3-5-21(19)32-28-24(22)25-26(35-28)23(20(14-30)27(31)34-25)16-6-10-17(29)11-7-16/h6-13,23H,2-5,31H2,1H3. The summed E-state index contributed by atoms with van der Waals surface area (Å²) in [5, 5.41) is 11.6. The number of thiophene rings is 1. The molecule has 7 heteroatoms. The van der Waals surface area contributed by atoms with Crippen LogP contribution in [0.3, 0.4) is 0 Å². The molecule has 5 nitrogen and oxygen atoms in total. The summed E-state index contributed by atoms with van der Waals surface area (Å²) in [4.78, 5) is 6.96. The summed E-state index contributed by atoms with van der Waals surface area (Å²) in [6, 6.07) is 18.0. The van der Waals surface area contributed by atoms with Crippen LogP contribution in [0, 0.1) is 11.3 Å². The van der Waals surface area contributed by atoms with Crippen LogP contribution in [0.1, 0.15) is 40.5 Å². The monoisotopic (exact) mass is 499 g/mol. The van der Waals surface area contributed by atoms with Crippen molar-refractivity contribution >= 4 is 33.2 Å². The fourth-order valence-electron chi connectivity index (χ4n) is 5.18. The predicted molar refractivity (Wildman–Crippen MR) is 139 cm³/mol. The summed E-state index contributed by atoms with van der Waals surface area (Å²) in [6.07, 6.45) is 4.20. The van der Waals surface area contributed by atoms with Gasteiger partial charge in [0.25, 0.3) is 0 Å². The molecule has 35 heavy (non-hydrogen) atoms. The van der Waals surface area contributed by atoms with Gasteiger partial charge in [0.15, 0.2) is 5.75 Å². The van der Waals surface area contributed by atoms with Gasteiger partial charge >= 0.3 is 0 Å². The molecule has 0 fully saturated rings. The molecule has 2 aliphatic rings. The topological polar surface area (TPSA) is 81.2 Å². The minimum atomic E-state index is -0.332. The summed E-state index contributed by atoms with van der Waals surface area (Å²) in [5.41, 5.74) is 12.4. The molecule has 0 radical (unpaired) electrons. The summed E-state index contributed by atoms with van der Waals surface area (Å²) < 4.78 is 11.6. The molecule has 1 aliphatic carbocycles. The number of aromatic nitrogens is 1. The second-order valence-corrected chi connectivity index (χ2v) is 10.3. The summed E-state index contributed by atoms with van der Waals surface area (Å²) >= 11 is 7.74. The average Bonchev–Trinajstić information content (AvgIpc) is 3.24. The Morgan fingerprint density at radius 3 is 2.57 bits per heavy atom. The predicted octanol–water partition coefficient (Wildman–Crippen LogP) is 6.72. The van der Waals surface area contributed by atoms with Crippen molar-refractivity contribution in [3.8, 4) is 28.7 Å². The van der Waals surface area contributed by atoms with E-state index in [1.807, 2.05) is 36.4 Å². The van der Waals surface area contributed by atoms with E-state index in [2.05, 4.69) is 18.2 Å². The average molecular weight is 500 g/mol. The second-order valence-electron chi connectivity index (χ2n) is 8.80. The number of hydrogen-bond acceptors (Lipinski definition) is 6. The van der Waals surface area contributed by atoms with E-state index in [9.17, 15) is 5.26 Å². The molecule has 2 N–H and O–H groups in total. The van der Waals surface area contributed by atoms with Crippen LogP contribution in [0.5, 0.6) is 11.5 Å². The Kier molecular flexibility index (Phi) is 5.40. The molecule has 2 aromatic heterocycles. The third kappa shape index (κ3) is 3.54. The van der Waals surface area contributed by atoms with Crippen LogP contribution in [-0.4, -0.2) is 12.1 Å². The minimum absolute atomic E-state index is 0.137. The van der Waals surface area contributed by atoms with Gasteiger partial charge in [0.05, 0.1) is 23.3 Å². The van der Waals surface area contributed by atoms with Crippen LogP contribution in [-0.2, 0) is 12.8 Å². The number of nitrogens with zero attached hydrogens (tertiary/aromatic N) is 2. The molecule has 2 aromatic carbocycles. The number of aryl methyl sites for hydroxylation is 1. The number of halogens is 1. The van der Waals surface area contributed by atoms with Crippen molar-refractivity contribution in [1.82, 2.24) is 4.98 Å². The lowest BCUT2D eigenvalue weighted by molar-refractivity contribution is 0.401. The normalized spacial score (nSPS) is 16.9. The molecule has 3 heterocycles. The van der Waals surface area contributed by atoms with Gasteiger partial charge in [-0.25, -0.2) is 4.98 Å². The Balaban J connectivity index is 1.66. The van der Waals surface area contributed by atoms with Crippen LogP contribution in [0.4, 0.5) is 0 Å². The molecule has 6 rings (SSSR count). The van der Waals surface area contributed by atoms with Crippen LogP contribution >= 0.6 is 22.9 Å². The molecule has 174 valence electrons. The van der Waals surface area contributed by atoms with Gasteiger partial charge in [0.1, 0.15) is 22.2 Å². The SMILES string of the molecule is COc1ccc(-c2c3c(nc4sc5c(c24)OC(N)=C(C#N)C5c2ccc(Cl)cc2)CCCC3)cc1. The Morgan fingerprint density at radius 1 is 1.11 bits per heavy atom. The maximum atomic E-state index is 9.99. The first-order valence-corrected chi connectivity index (χ1v) is 12.7. The third-order valence-corrected chi connectivity index (χ3v) is 8.21. The second kappa shape index (κ2) is 8.60. The van der Waals surface area contributed by atoms with Crippen molar-refractivity contribution < 1.29 is 9.47 Å². The number of pyridine rings is 1. The highest BCUT2D eigenvalue weighted by atomic mass is 35.5. The number of nitriles is 1. The first-order valence-electron chi connectivity index (χ1n) is 11.5. The Morgan fingerprint density at radius 2 is 1.86 bits per heavy atom. The molecule has 0 amide bonds. The number of hydrogen-bond donors (Lipinski definition) is 1. The smallest absolute Gasteiger partial charge is 0.205 e. The molecule has 0 saturated carbocycles. The lowest BCUT2D eigenvalue weighted by Gasteiger charge is -2.25. The van der Waals surface area contributed by atoms with E-state index in [4.69, 9.17) is 31.8 Å². The number of fused-ring (bicyclic) bond motifs is 4. The summed E-state index contributed by atoms with van der Waals surface area (Å²) in [7, 11) is 1.67. The summed E-state index contributed by atoms with van der Waals surface area (Å²) in [5.74, 6) is 1.32. The fraction of sp³-hybridized carbons (Fsp3) is 0.214. The van der Waals surface area contributed by atoms with Gasteiger partial charge in [-0.2, -0.15) is 5.26 Å². The molecule has 1 aliphatic heterocycles. The van der Waals surface area contributed by atoms with Gasteiger partial charge in [-0.15, -0.1) is 11.3 Å². The van der Waals surface area contributed by atoms with E-state index >= 15 is 0 Å². The minimum Gasteiger partial charge on any atom is -0.497 e. The Hall–Kier alpha value is -3.53. The van der Waals surface area contributed by atoms with E-state index in [1.54, 1.807) is 18.4 Å². The molecule has 0 saturated heterocycles. The number of allylic oxidation sites excluding steroid dienone is 1. The Labute approximate surface area is 212 Å². The van der Waals surface area contributed by atoms with Crippen LogP contribution in [0.25, 0.3) is 21.3 Å². The zero-order valence-corrected chi connectivity index (χ0v) is 20.7. The maximum absolute atomic E-state index is 9.99. The van der Waals surface area contributed by atoms with Gasteiger partial charge in [-0.3, -0.25) is 0 Å². The zero-order chi connectivity index (χ0) is 24.1. The molecule has 1 unspecified atom stereocenters. The maximum Gasteiger partial charge on any atom is 0.205 e. The lowest BCUT2D eigenvalue weighted by atomic mass is 9.85. The quantitative estimate of drug-likeness (QED) is 0.338. The Bertz CT molecular complexity index is 1530.